The van der Waals surface area contributed by atoms with Crippen molar-refractivity contribution in [2.24, 2.45) is 5.10 Å². The Morgan fingerprint density at radius 3 is 2.60 bits per heavy atom. The van der Waals surface area contributed by atoms with Crippen molar-refractivity contribution in [3.05, 3.63) is 58.6 Å². The molecular formula is C21H23ClN4O4. The minimum atomic E-state index is -0.880. The standard InChI is InChI=1S/C21H23ClN4O4/c1-13(2)24-20(28)21(29)26-23-11-15-6-4-5-7-18(15)30-12-19(27)25-17-10-16(22)9-8-14(17)3/h4-11,13H,12H2,1-3H3,(H,24,28)(H,25,27)(H,26,29)/b23-11-. The van der Waals surface area contributed by atoms with E-state index >= 15 is 0 Å². The molecule has 30 heavy (non-hydrogen) atoms. The Morgan fingerprint density at radius 1 is 1.13 bits per heavy atom. The molecule has 0 unspecified atom stereocenters. The van der Waals surface area contributed by atoms with Crippen LogP contribution in [0.5, 0.6) is 5.75 Å². The second kappa shape index (κ2) is 11.0. The quantitative estimate of drug-likeness (QED) is 0.356. The molecule has 2 aromatic carbocycles. The van der Waals surface area contributed by atoms with Crippen LogP contribution in [0.25, 0.3) is 0 Å². The molecule has 2 rings (SSSR count). The third-order valence-corrected chi connectivity index (χ3v) is 3.98. The molecule has 0 aromatic heterocycles. The molecule has 0 saturated carbocycles. The second-order valence-electron chi connectivity index (χ2n) is 6.66. The van der Waals surface area contributed by atoms with Gasteiger partial charge in [-0.3, -0.25) is 14.4 Å². The van der Waals surface area contributed by atoms with Gasteiger partial charge in [0.05, 0.1) is 6.21 Å². The van der Waals surface area contributed by atoms with Crippen molar-refractivity contribution in [3.63, 3.8) is 0 Å². The Labute approximate surface area is 179 Å². The summed E-state index contributed by atoms with van der Waals surface area (Å²) in [6.07, 6.45) is 1.33. The molecule has 0 aliphatic heterocycles. The van der Waals surface area contributed by atoms with E-state index in [9.17, 15) is 14.4 Å². The summed E-state index contributed by atoms with van der Waals surface area (Å²) in [4.78, 5) is 35.4. The van der Waals surface area contributed by atoms with Crippen LogP contribution in [0.2, 0.25) is 5.02 Å². The molecule has 0 atom stereocenters. The van der Waals surface area contributed by atoms with Crippen LogP contribution in [0.3, 0.4) is 0 Å². The van der Waals surface area contributed by atoms with Gasteiger partial charge in [0.15, 0.2) is 6.61 Å². The lowest BCUT2D eigenvalue weighted by molar-refractivity contribution is -0.139. The SMILES string of the molecule is Cc1ccc(Cl)cc1NC(=O)COc1ccccc1/C=N\NC(=O)C(=O)NC(C)C. The van der Waals surface area contributed by atoms with Crippen LogP contribution in [0.15, 0.2) is 47.6 Å². The van der Waals surface area contributed by atoms with Crippen molar-refractivity contribution in [1.82, 2.24) is 10.7 Å². The molecule has 2 aromatic rings. The highest BCUT2D eigenvalue weighted by Crippen LogP contribution is 2.20. The number of ether oxygens (including phenoxy) is 1. The molecule has 0 bridgehead atoms. The molecule has 0 heterocycles. The van der Waals surface area contributed by atoms with Crippen LogP contribution in [0.4, 0.5) is 5.69 Å². The number of anilines is 1. The third-order valence-electron chi connectivity index (χ3n) is 3.75. The number of carbonyl (C=O) groups excluding carboxylic acids is 3. The van der Waals surface area contributed by atoms with Gasteiger partial charge in [0.1, 0.15) is 5.75 Å². The van der Waals surface area contributed by atoms with E-state index in [0.717, 1.165) is 5.56 Å². The van der Waals surface area contributed by atoms with Gasteiger partial charge in [0, 0.05) is 22.3 Å². The molecule has 0 aliphatic carbocycles. The zero-order valence-corrected chi connectivity index (χ0v) is 17.6. The van der Waals surface area contributed by atoms with Gasteiger partial charge in [-0.15, -0.1) is 0 Å². The lowest BCUT2D eigenvalue weighted by Crippen LogP contribution is -2.41. The first-order valence-electron chi connectivity index (χ1n) is 9.18. The van der Waals surface area contributed by atoms with Crippen LogP contribution < -0.4 is 20.8 Å². The number of hydrazone groups is 1. The average molecular weight is 431 g/mol. The first-order valence-corrected chi connectivity index (χ1v) is 9.55. The molecule has 158 valence electrons. The number of nitrogens with one attached hydrogen (secondary N) is 3. The van der Waals surface area contributed by atoms with E-state index in [1.807, 2.05) is 6.92 Å². The van der Waals surface area contributed by atoms with Gasteiger partial charge in [-0.05, 0) is 50.6 Å². The number of nitrogens with zero attached hydrogens (tertiary/aromatic N) is 1. The molecule has 3 amide bonds. The fourth-order valence-electron chi connectivity index (χ4n) is 2.32. The molecule has 0 radical (unpaired) electrons. The fraction of sp³-hybridized carbons (Fsp3) is 0.238. The van der Waals surface area contributed by atoms with Crippen molar-refractivity contribution in [2.45, 2.75) is 26.8 Å². The van der Waals surface area contributed by atoms with Gasteiger partial charge in [0.25, 0.3) is 5.91 Å². The average Bonchev–Trinajstić information content (AvgIpc) is 2.69. The molecule has 9 heteroatoms. The van der Waals surface area contributed by atoms with E-state index in [0.29, 0.717) is 22.0 Å². The maximum absolute atomic E-state index is 12.2. The molecule has 0 spiro atoms. The van der Waals surface area contributed by atoms with Crippen molar-refractivity contribution in [1.29, 1.82) is 0 Å². The Morgan fingerprint density at radius 2 is 1.87 bits per heavy atom. The van der Waals surface area contributed by atoms with Crippen LogP contribution in [0, 0.1) is 6.92 Å². The summed E-state index contributed by atoms with van der Waals surface area (Å²) >= 11 is 5.96. The monoisotopic (exact) mass is 430 g/mol. The van der Waals surface area contributed by atoms with E-state index in [2.05, 4.69) is 21.2 Å². The van der Waals surface area contributed by atoms with Gasteiger partial charge >= 0.3 is 11.8 Å². The van der Waals surface area contributed by atoms with Crippen LogP contribution in [-0.2, 0) is 14.4 Å². The van der Waals surface area contributed by atoms with Gasteiger partial charge in [0.2, 0.25) is 0 Å². The normalized spacial score (nSPS) is 10.7. The first kappa shape index (κ1) is 22.9. The number of carbonyl (C=O) groups is 3. The Kier molecular flexibility index (Phi) is 8.37. The number of hydrogen-bond acceptors (Lipinski definition) is 5. The summed E-state index contributed by atoms with van der Waals surface area (Å²) in [6.45, 7) is 5.10. The van der Waals surface area contributed by atoms with E-state index in [4.69, 9.17) is 16.3 Å². The third kappa shape index (κ3) is 7.21. The Balaban J connectivity index is 1.95. The number of para-hydroxylation sites is 1. The number of halogens is 1. The Hall–Kier alpha value is -3.39. The number of hydrogen-bond donors (Lipinski definition) is 3. The highest BCUT2D eigenvalue weighted by molar-refractivity contribution is 6.35. The fourth-order valence-corrected chi connectivity index (χ4v) is 2.49. The van der Waals surface area contributed by atoms with Crippen LogP contribution in [0.1, 0.15) is 25.0 Å². The van der Waals surface area contributed by atoms with E-state index < -0.39 is 11.8 Å². The summed E-state index contributed by atoms with van der Waals surface area (Å²) in [5.41, 5.74) is 4.14. The van der Waals surface area contributed by atoms with Gasteiger partial charge in [-0.2, -0.15) is 5.10 Å². The summed E-state index contributed by atoms with van der Waals surface area (Å²) in [6, 6.07) is 11.9. The number of amides is 3. The predicted molar refractivity (Wildman–Crippen MR) is 116 cm³/mol. The summed E-state index contributed by atoms with van der Waals surface area (Å²) in [7, 11) is 0. The number of benzene rings is 2. The predicted octanol–water partition coefficient (Wildman–Crippen LogP) is 2.64. The number of rotatable bonds is 7. The smallest absolute Gasteiger partial charge is 0.329 e. The van der Waals surface area contributed by atoms with E-state index in [-0.39, 0.29) is 18.6 Å². The zero-order valence-electron chi connectivity index (χ0n) is 16.9. The first-order chi connectivity index (χ1) is 14.3. The highest BCUT2D eigenvalue weighted by Gasteiger charge is 2.13. The lowest BCUT2D eigenvalue weighted by atomic mass is 10.2. The minimum absolute atomic E-state index is 0.164. The van der Waals surface area contributed by atoms with E-state index in [1.54, 1.807) is 56.3 Å². The molecule has 8 nitrogen and oxygen atoms in total. The van der Waals surface area contributed by atoms with Crippen LogP contribution >= 0.6 is 11.6 Å². The summed E-state index contributed by atoms with van der Waals surface area (Å²) in [5.74, 6) is -1.62. The molecule has 0 aliphatic rings. The van der Waals surface area contributed by atoms with Crippen molar-refractivity contribution < 1.29 is 19.1 Å². The summed E-state index contributed by atoms with van der Waals surface area (Å²) < 4.78 is 5.57. The van der Waals surface area contributed by atoms with Gasteiger partial charge < -0.3 is 15.4 Å². The molecular weight excluding hydrogens is 408 g/mol. The zero-order chi connectivity index (χ0) is 22.1. The van der Waals surface area contributed by atoms with Crippen LogP contribution in [-0.4, -0.2) is 36.6 Å². The van der Waals surface area contributed by atoms with Gasteiger partial charge in [-0.25, -0.2) is 5.43 Å². The molecule has 3 N–H and O–H groups in total. The Bertz CT molecular complexity index is 960. The maximum Gasteiger partial charge on any atom is 0.329 e. The maximum atomic E-state index is 12.2. The molecule has 0 fully saturated rings. The topological polar surface area (TPSA) is 109 Å². The summed E-state index contributed by atoms with van der Waals surface area (Å²) in [5, 5.41) is 9.49. The van der Waals surface area contributed by atoms with E-state index in [1.165, 1.54) is 6.21 Å². The second-order valence-corrected chi connectivity index (χ2v) is 7.10. The van der Waals surface area contributed by atoms with Crippen molar-refractivity contribution in [2.75, 3.05) is 11.9 Å². The minimum Gasteiger partial charge on any atom is -0.483 e. The van der Waals surface area contributed by atoms with Crippen molar-refractivity contribution >= 4 is 41.2 Å². The van der Waals surface area contributed by atoms with Crippen molar-refractivity contribution in [3.8, 4) is 5.75 Å². The number of aryl methyl sites for hydroxylation is 1. The lowest BCUT2D eigenvalue weighted by Gasteiger charge is -2.11. The highest BCUT2D eigenvalue weighted by atomic mass is 35.5. The molecule has 0 saturated heterocycles. The largest absolute Gasteiger partial charge is 0.483 e. The van der Waals surface area contributed by atoms with Gasteiger partial charge in [-0.1, -0.05) is 29.8 Å².